The molecule has 2 aromatic rings. The molecular weight excluding hydrogens is 274 g/mol. The fourth-order valence-electron chi connectivity index (χ4n) is 2.25. The van der Waals surface area contributed by atoms with Crippen molar-refractivity contribution in [2.75, 3.05) is 4.90 Å². The Balaban J connectivity index is 2.11. The van der Waals surface area contributed by atoms with E-state index < -0.39 is 29.1 Å². The van der Waals surface area contributed by atoms with Crippen molar-refractivity contribution in [1.29, 1.82) is 0 Å². The summed E-state index contributed by atoms with van der Waals surface area (Å²) in [7, 11) is 0. The molecule has 0 bridgehead atoms. The number of carbonyl (C=O) groups is 3. The Kier molecular flexibility index (Phi) is 2.72. The van der Waals surface area contributed by atoms with Crippen LogP contribution in [-0.4, -0.2) is 22.9 Å². The van der Waals surface area contributed by atoms with Crippen molar-refractivity contribution in [3.05, 3.63) is 59.2 Å². The number of anilines is 1. The monoisotopic (exact) mass is 282 g/mol. The summed E-state index contributed by atoms with van der Waals surface area (Å²) >= 11 is 0. The second-order valence-electron chi connectivity index (χ2n) is 4.48. The lowest BCUT2D eigenvalue weighted by molar-refractivity contribution is -0.268. The molecule has 6 nitrogen and oxygen atoms in total. The van der Waals surface area contributed by atoms with Gasteiger partial charge in [0.15, 0.2) is 0 Å². The van der Waals surface area contributed by atoms with Crippen LogP contribution in [0.15, 0.2) is 42.5 Å². The van der Waals surface area contributed by atoms with Crippen molar-refractivity contribution in [3.8, 4) is 5.75 Å². The highest BCUT2D eigenvalue weighted by atomic mass is 16.4. The van der Waals surface area contributed by atoms with Gasteiger partial charge in [-0.1, -0.05) is 23.9 Å². The fourth-order valence-corrected chi connectivity index (χ4v) is 2.25. The fraction of sp³-hybridized carbons (Fsp3) is 0. The van der Waals surface area contributed by atoms with Crippen LogP contribution < -0.4 is 10.0 Å². The molecule has 2 aromatic carbocycles. The van der Waals surface area contributed by atoms with Crippen LogP contribution in [0.25, 0.3) is 0 Å². The predicted octanol–water partition coefficient (Wildman–Crippen LogP) is 1.26. The van der Waals surface area contributed by atoms with Crippen LogP contribution in [0.3, 0.4) is 0 Å². The van der Waals surface area contributed by atoms with E-state index >= 15 is 0 Å². The summed E-state index contributed by atoms with van der Waals surface area (Å²) < 4.78 is 0. The second kappa shape index (κ2) is 4.45. The Labute approximate surface area is 118 Å². The van der Waals surface area contributed by atoms with Crippen LogP contribution >= 0.6 is 0 Å². The van der Waals surface area contributed by atoms with Crippen LogP contribution in [0, 0.1) is 0 Å². The van der Waals surface area contributed by atoms with Gasteiger partial charge in [-0.25, -0.2) is 9.69 Å². The van der Waals surface area contributed by atoms with Gasteiger partial charge in [-0.3, -0.25) is 9.59 Å². The zero-order valence-corrected chi connectivity index (χ0v) is 10.6. The normalized spacial score (nSPS) is 13.4. The number of hydrogen-bond donors (Lipinski definition) is 1. The highest BCUT2D eigenvalue weighted by Crippen LogP contribution is 2.30. The summed E-state index contributed by atoms with van der Waals surface area (Å²) in [6.45, 7) is 0. The topological polar surface area (TPSA) is 97.7 Å². The lowest BCUT2D eigenvalue weighted by atomic mass is 10.1. The van der Waals surface area contributed by atoms with Crippen LogP contribution in [0.4, 0.5) is 5.69 Å². The minimum Gasteiger partial charge on any atom is -0.872 e. The van der Waals surface area contributed by atoms with Crippen molar-refractivity contribution < 1.29 is 24.6 Å². The molecular formula is C15H8NO5-. The summed E-state index contributed by atoms with van der Waals surface area (Å²) in [4.78, 5) is 36.4. The molecule has 1 aliphatic rings. The molecule has 0 unspecified atom stereocenters. The maximum Gasteiger partial charge on any atom is 0.335 e. The Hall–Kier alpha value is -3.15. The van der Waals surface area contributed by atoms with E-state index in [9.17, 15) is 19.5 Å². The van der Waals surface area contributed by atoms with E-state index in [0.29, 0.717) is 0 Å². The molecule has 1 heterocycles. The molecule has 6 heteroatoms. The van der Waals surface area contributed by atoms with E-state index in [1.54, 1.807) is 12.1 Å². The highest BCUT2D eigenvalue weighted by Gasteiger charge is 2.36. The molecule has 0 radical (unpaired) electrons. The van der Waals surface area contributed by atoms with Crippen molar-refractivity contribution >= 4 is 23.5 Å². The first-order chi connectivity index (χ1) is 10.0. The molecule has 2 amide bonds. The van der Waals surface area contributed by atoms with E-state index in [2.05, 4.69) is 0 Å². The lowest BCUT2D eigenvalue weighted by Gasteiger charge is -2.17. The molecule has 0 fully saturated rings. The van der Waals surface area contributed by atoms with Gasteiger partial charge in [0.1, 0.15) is 0 Å². The van der Waals surface area contributed by atoms with E-state index in [4.69, 9.17) is 5.11 Å². The average Bonchev–Trinajstić information content (AvgIpc) is 2.72. The van der Waals surface area contributed by atoms with Gasteiger partial charge < -0.3 is 10.2 Å². The number of nitrogens with zero attached hydrogens (tertiary/aromatic N) is 1. The van der Waals surface area contributed by atoms with Crippen LogP contribution in [-0.2, 0) is 0 Å². The summed E-state index contributed by atoms with van der Waals surface area (Å²) in [5, 5.41) is 20.4. The number of rotatable bonds is 2. The second-order valence-corrected chi connectivity index (χ2v) is 4.48. The molecule has 0 saturated heterocycles. The minimum atomic E-state index is -1.40. The molecule has 0 aliphatic carbocycles. The average molecular weight is 282 g/mol. The molecule has 21 heavy (non-hydrogen) atoms. The van der Waals surface area contributed by atoms with Crippen molar-refractivity contribution in [3.63, 3.8) is 0 Å². The lowest BCUT2D eigenvalue weighted by Crippen LogP contribution is -2.29. The number of hydrogen-bond acceptors (Lipinski definition) is 4. The smallest absolute Gasteiger partial charge is 0.335 e. The first-order valence-electron chi connectivity index (χ1n) is 6.03. The molecule has 1 N–H and O–H groups in total. The molecule has 0 atom stereocenters. The molecule has 3 rings (SSSR count). The first-order valence-corrected chi connectivity index (χ1v) is 6.03. The number of carboxylic acid groups (broad SMARTS) is 1. The van der Waals surface area contributed by atoms with Crippen LogP contribution in [0.5, 0.6) is 5.75 Å². The molecule has 0 spiro atoms. The van der Waals surface area contributed by atoms with Gasteiger partial charge in [0.25, 0.3) is 11.8 Å². The summed E-state index contributed by atoms with van der Waals surface area (Å²) in [5.74, 6) is -3.16. The molecule has 1 aliphatic heterocycles. The maximum atomic E-state index is 12.3. The van der Waals surface area contributed by atoms with Gasteiger partial charge in [0.05, 0.1) is 22.4 Å². The third kappa shape index (κ3) is 1.85. The van der Waals surface area contributed by atoms with Gasteiger partial charge in [0.2, 0.25) is 0 Å². The summed E-state index contributed by atoms with van der Waals surface area (Å²) in [6.07, 6.45) is 0. The quantitative estimate of drug-likeness (QED) is 0.836. The van der Waals surface area contributed by atoms with E-state index in [0.717, 1.165) is 17.0 Å². The van der Waals surface area contributed by atoms with E-state index in [-0.39, 0.29) is 16.8 Å². The maximum absolute atomic E-state index is 12.3. The minimum absolute atomic E-state index is 0.0678. The SMILES string of the molecule is O=C(O)c1cc(N2C(=O)c3ccccc3C2=O)ccc1[O-]. The van der Waals surface area contributed by atoms with Gasteiger partial charge in [-0.15, -0.1) is 0 Å². The third-order valence-corrected chi connectivity index (χ3v) is 3.25. The molecule has 104 valence electrons. The number of aromatic carboxylic acids is 1. The number of benzene rings is 2. The van der Waals surface area contributed by atoms with Gasteiger partial charge in [-0.05, 0) is 24.3 Å². The van der Waals surface area contributed by atoms with E-state index in [1.807, 2.05) is 0 Å². The number of imide groups is 1. The predicted molar refractivity (Wildman–Crippen MR) is 70.4 cm³/mol. The zero-order chi connectivity index (χ0) is 15.1. The van der Waals surface area contributed by atoms with Crippen LogP contribution in [0.1, 0.15) is 31.1 Å². The Bertz CT molecular complexity index is 761. The Morgan fingerprint density at radius 2 is 1.57 bits per heavy atom. The Morgan fingerprint density at radius 3 is 2.10 bits per heavy atom. The first kappa shape index (κ1) is 12.9. The van der Waals surface area contributed by atoms with Crippen molar-refractivity contribution in [2.45, 2.75) is 0 Å². The summed E-state index contributed by atoms with van der Waals surface area (Å²) in [5.41, 5.74) is 0.0957. The largest absolute Gasteiger partial charge is 0.872 e. The number of fused-ring (bicyclic) bond motifs is 1. The Morgan fingerprint density at radius 1 is 1.00 bits per heavy atom. The van der Waals surface area contributed by atoms with Crippen molar-refractivity contribution in [2.24, 2.45) is 0 Å². The zero-order valence-electron chi connectivity index (χ0n) is 10.6. The molecule has 0 aromatic heterocycles. The van der Waals surface area contributed by atoms with Crippen LogP contribution in [0.2, 0.25) is 0 Å². The standard InChI is InChI=1S/C15H9NO5/c17-12-6-5-8(7-11(12)15(20)21)16-13(18)9-3-1-2-4-10(9)14(16)19/h1-7,17H,(H,20,21)/p-1. The number of amides is 2. The third-order valence-electron chi connectivity index (χ3n) is 3.25. The number of carbonyl (C=O) groups excluding carboxylic acids is 2. The number of carboxylic acids is 1. The van der Waals surface area contributed by atoms with Gasteiger partial charge >= 0.3 is 5.97 Å². The van der Waals surface area contributed by atoms with E-state index in [1.165, 1.54) is 18.2 Å². The highest BCUT2D eigenvalue weighted by molar-refractivity contribution is 6.34. The van der Waals surface area contributed by atoms with Crippen molar-refractivity contribution in [1.82, 2.24) is 0 Å². The van der Waals surface area contributed by atoms with Gasteiger partial charge in [-0.2, -0.15) is 0 Å². The molecule has 0 saturated carbocycles. The van der Waals surface area contributed by atoms with Gasteiger partial charge in [0, 0.05) is 0 Å². The summed E-state index contributed by atoms with van der Waals surface area (Å²) in [6, 6.07) is 9.64.